The van der Waals surface area contributed by atoms with Crippen molar-refractivity contribution in [2.75, 3.05) is 5.32 Å². The van der Waals surface area contributed by atoms with E-state index in [0.29, 0.717) is 16.0 Å². The molecule has 0 saturated carbocycles. The Morgan fingerprint density at radius 1 is 1.05 bits per heavy atom. The van der Waals surface area contributed by atoms with Gasteiger partial charge in [-0.15, -0.1) is 0 Å². The van der Waals surface area contributed by atoms with E-state index >= 15 is 0 Å². The van der Waals surface area contributed by atoms with Gasteiger partial charge in [-0.3, -0.25) is 4.79 Å². The summed E-state index contributed by atoms with van der Waals surface area (Å²) in [4.78, 5) is 20.6. The van der Waals surface area contributed by atoms with Gasteiger partial charge in [-0.1, -0.05) is 18.2 Å². The van der Waals surface area contributed by atoms with E-state index in [0.717, 1.165) is 10.9 Å². The van der Waals surface area contributed by atoms with Crippen LogP contribution < -0.4 is 5.32 Å². The third-order valence-electron chi connectivity index (χ3n) is 2.81. The van der Waals surface area contributed by atoms with E-state index in [1.165, 1.54) is 0 Å². The van der Waals surface area contributed by atoms with Crippen molar-refractivity contribution >= 4 is 38.6 Å². The molecule has 2 aromatic heterocycles. The number of hydrogen-bond donors (Lipinski definition) is 1. The highest BCUT2D eigenvalue weighted by atomic mass is 79.9. The number of benzene rings is 1. The largest absolute Gasteiger partial charge is 0.305 e. The Hall–Kier alpha value is -2.27. The van der Waals surface area contributed by atoms with E-state index < -0.39 is 0 Å². The second kappa shape index (κ2) is 5.38. The fourth-order valence-electron chi connectivity index (χ4n) is 1.86. The van der Waals surface area contributed by atoms with Crippen LogP contribution in [0.2, 0.25) is 0 Å². The van der Waals surface area contributed by atoms with Crippen LogP contribution in [0.25, 0.3) is 10.9 Å². The van der Waals surface area contributed by atoms with Crippen molar-refractivity contribution in [3.05, 3.63) is 64.9 Å². The van der Waals surface area contributed by atoms with Crippen LogP contribution in [0.4, 0.5) is 5.82 Å². The molecule has 0 atom stereocenters. The van der Waals surface area contributed by atoms with Gasteiger partial charge >= 0.3 is 0 Å². The summed E-state index contributed by atoms with van der Waals surface area (Å²) in [6.07, 6.45) is 1.58. The van der Waals surface area contributed by atoms with Gasteiger partial charge in [0.25, 0.3) is 5.91 Å². The van der Waals surface area contributed by atoms with Gasteiger partial charge in [0.2, 0.25) is 0 Å². The van der Waals surface area contributed by atoms with E-state index in [1.54, 1.807) is 24.4 Å². The SMILES string of the molecule is O=C(Nc1ccc2ccccc2n1)c1ncccc1Br. The number of anilines is 1. The van der Waals surface area contributed by atoms with Crippen LogP contribution in [0.15, 0.2) is 59.2 Å². The molecule has 20 heavy (non-hydrogen) atoms. The summed E-state index contributed by atoms with van der Waals surface area (Å²) in [5.74, 6) is 0.214. The topological polar surface area (TPSA) is 54.9 Å². The summed E-state index contributed by atoms with van der Waals surface area (Å²) in [6, 6.07) is 15.0. The number of para-hydroxylation sites is 1. The van der Waals surface area contributed by atoms with E-state index in [1.807, 2.05) is 30.3 Å². The molecule has 3 rings (SSSR count). The van der Waals surface area contributed by atoms with Crippen LogP contribution in [-0.2, 0) is 0 Å². The average Bonchev–Trinajstić information content (AvgIpc) is 2.47. The minimum atomic E-state index is -0.291. The first-order chi connectivity index (χ1) is 9.74. The molecule has 1 amide bonds. The van der Waals surface area contributed by atoms with Crippen LogP contribution in [0.5, 0.6) is 0 Å². The van der Waals surface area contributed by atoms with E-state index in [4.69, 9.17) is 0 Å². The van der Waals surface area contributed by atoms with Gasteiger partial charge < -0.3 is 5.32 Å². The van der Waals surface area contributed by atoms with Crippen molar-refractivity contribution in [3.8, 4) is 0 Å². The van der Waals surface area contributed by atoms with Crippen LogP contribution in [0.1, 0.15) is 10.5 Å². The number of amides is 1. The number of nitrogens with one attached hydrogen (secondary N) is 1. The number of rotatable bonds is 2. The molecule has 1 N–H and O–H groups in total. The number of pyridine rings is 2. The fraction of sp³-hybridized carbons (Fsp3) is 0. The zero-order chi connectivity index (χ0) is 13.9. The quantitative estimate of drug-likeness (QED) is 0.781. The summed E-state index contributed by atoms with van der Waals surface area (Å²) >= 11 is 3.31. The molecule has 0 radical (unpaired) electrons. The highest BCUT2D eigenvalue weighted by Gasteiger charge is 2.11. The van der Waals surface area contributed by atoms with Gasteiger partial charge in [-0.2, -0.15) is 0 Å². The van der Waals surface area contributed by atoms with Crippen molar-refractivity contribution in [3.63, 3.8) is 0 Å². The van der Waals surface area contributed by atoms with Crippen LogP contribution in [0, 0.1) is 0 Å². The number of hydrogen-bond acceptors (Lipinski definition) is 3. The predicted molar refractivity (Wildman–Crippen MR) is 81.6 cm³/mol. The average molecular weight is 328 g/mol. The molecule has 0 bridgehead atoms. The maximum Gasteiger partial charge on any atom is 0.276 e. The summed E-state index contributed by atoms with van der Waals surface area (Å²) in [7, 11) is 0. The molecule has 0 aliphatic heterocycles. The first-order valence-corrected chi connectivity index (χ1v) is 6.81. The van der Waals surface area contributed by atoms with Crippen molar-refractivity contribution in [2.45, 2.75) is 0 Å². The number of carbonyl (C=O) groups is 1. The smallest absolute Gasteiger partial charge is 0.276 e. The Morgan fingerprint density at radius 3 is 2.75 bits per heavy atom. The molecule has 2 heterocycles. The zero-order valence-electron chi connectivity index (χ0n) is 10.4. The Morgan fingerprint density at radius 2 is 1.90 bits per heavy atom. The Labute approximate surface area is 124 Å². The van der Waals surface area contributed by atoms with E-state index in [2.05, 4.69) is 31.2 Å². The third-order valence-corrected chi connectivity index (χ3v) is 3.45. The van der Waals surface area contributed by atoms with Gasteiger partial charge in [0.05, 0.1) is 5.52 Å². The number of carbonyl (C=O) groups excluding carboxylic acids is 1. The molecular weight excluding hydrogens is 318 g/mol. The molecule has 0 aliphatic carbocycles. The summed E-state index contributed by atoms with van der Waals surface area (Å²) in [5, 5.41) is 3.78. The molecule has 0 fully saturated rings. The van der Waals surface area contributed by atoms with Gasteiger partial charge in [-0.25, -0.2) is 9.97 Å². The van der Waals surface area contributed by atoms with Crippen LogP contribution in [0.3, 0.4) is 0 Å². The molecular formula is C15H10BrN3O. The van der Waals surface area contributed by atoms with Crippen molar-refractivity contribution in [1.29, 1.82) is 0 Å². The summed E-state index contributed by atoms with van der Waals surface area (Å²) in [6.45, 7) is 0. The number of fused-ring (bicyclic) bond motifs is 1. The first kappa shape index (κ1) is 12.7. The van der Waals surface area contributed by atoms with Crippen molar-refractivity contribution < 1.29 is 4.79 Å². The lowest BCUT2D eigenvalue weighted by atomic mass is 10.2. The number of nitrogens with zero attached hydrogens (tertiary/aromatic N) is 2. The highest BCUT2D eigenvalue weighted by molar-refractivity contribution is 9.10. The van der Waals surface area contributed by atoms with Crippen molar-refractivity contribution in [2.24, 2.45) is 0 Å². The maximum atomic E-state index is 12.1. The maximum absolute atomic E-state index is 12.1. The Balaban J connectivity index is 1.89. The minimum Gasteiger partial charge on any atom is -0.305 e. The molecule has 0 unspecified atom stereocenters. The fourth-order valence-corrected chi connectivity index (χ4v) is 2.30. The molecule has 0 aliphatic rings. The lowest BCUT2D eigenvalue weighted by Gasteiger charge is -2.06. The van der Waals surface area contributed by atoms with Crippen LogP contribution in [-0.4, -0.2) is 15.9 Å². The molecule has 3 aromatic rings. The molecule has 4 nitrogen and oxygen atoms in total. The monoisotopic (exact) mass is 327 g/mol. The molecule has 5 heteroatoms. The third kappa shape index (κ3) is 2.53. The van der Waals surface area contributed by atoms with Crippen LogP contribution >= 0.6 is 15.9 Å². The standard InChI is InChI=1S/C15H10BrN3O/c16-11-5-3-9-17-14(11)15(20)19-13-8-7-10-4-1-2-6-12(10)18-13/h1-9H,(H,18,19,20). The second-order valence-electron chi connectivity index (χ2n) is 4.18. The van der Waals surface area contributed by atoms with Gasteiger partial charge in [0.1, 0.15) is 11.5 Å². The Kier molecular flexibility index (Phi) is 3.43. The van der Waals surface area contributed by atoms with Gasteiger partial charge in [0.15, 0.2) is 0 Å². The highest BCUT2D eigenvalue weighted by Crippen LogP contribution is 2.17. The number of aromatic nitrogens is 2. The minimum absolute atomic E-state index is 0.291. The zero-order valence-corrected chi connectivity index (χ0v) is 12.0. The van der Waals surface area contributed by atoms with Gasteiger partial charge in [0, 0.05) is 16.1 Å². The van der Waals surface area contributed by atoms with Crippen molar-refractivity contribution in [1.82, 2.24) is 9.97 Å². The summed E-state index contributed by atoms with van der Waals surface area (Å²) in [5.41, 5.74) is 1.17. The Bertz CT molecular complexity index is 789. The molecule has 0 saturated heterocycles. The normalized spacial score (nSPS) is 10.4. The molecule has 1 aromatic carbocycles. The lowest BCUT2D eigenvalue weighted by molar-refractivity contribution is 0.102. The van der Waals surface area contributed by atoms with E-state index in [9.17, 15) is 4.79 Å². The first-order valence-electron chi connectivity index (χ1n) is 6.02. The lowest BCUT2D eigenvalue weighted by Crippen LogP contribution is -2.15. The second-order valence-corrected chi connectivity index (χ2v) is 5.03. The predicted octanol–water partition coefficient (Wildman–Crippen LogP) is 3.64. The summed E-state index contributed by atoms with van der Waals surface area (Å²) < 4.78 is 0.651. The number of halogens is 1. The van der Waals surface area contributed by atoms with E-state index in [-0.39, 0.29) is 5.91 Å². The molecule has 98 valence electrons. The van der Waals surface area contributed by atoms with Gasteiger partial charge in [-0.05, 0) is 46.3 Å². The molecule has 0 spiro atoms.